The third-order valence-corrected chi connectivity index (χ3v) is 2.65. The Hall–Kier alpha value is -0.760. The van der Waals surface area contributed by atoms with Crippen molar-refractivity contribution < 1.29 is 8.42 Å². The molecule has 1 aromatic rings. The molecule has 1 rings (SSSR count). The Labute approximate surface area is 91.3 Å². The maximum Gasteiger partial charge on any atom is 0.236 e. The highest BCUT2D eigenvalue weighted by Gasteiger charge is 2.08. The van der Waals surface area contributed by atoms with Crippen LogP contribution < -0.4 is 0 Å². The molecule has 0 heterocycles. The molecule has 3 nitrogen and oxygen atoms in total. The van der Waals surface area contributed by atoms with Gasteiger partial charge in [0.05, 0.1) is 17.4 Å². The zero-order valence-electron chi connectivity index (χ0n) is 6.87. The lowest BCUT2D eigenvalue weighted by atomic mass is 10.1. The normalized spacial score (nSPS) is 10.9. The number of nitriles is 1. The Bertz CT molecular complexity index is 491. The van der Waals surface area contributed by atoms with Crippen molar-refractivity contribution in [1.29, 1.82) is 5.26 Å². The third kappa shape index (κ3) is 3.54. The van der Waals surface area contributed by atoms with Gasteiger partial charge in [0.2, 0.25) is 9.05 Å². The maximum atomic E-state index is 10.8. The number of nitrogens with zero attached hydrogens (tertiary/aromatic N) is 1. The summed E-state index contributed by atoms with van der Waals surface area (Å²) in [7, 11) is 1.45. The van der Waals surface area contributed by atoms with Crippen LogP contribution in [0.4, 0.5) is 0 Å². The quantitative estimate of drug-likeness (QED) is 0.756. The Morgan fingerprint density at radius 2 is 2.00 bits per heavy atom. The molecule has 74 valence electrons. The van der Waals surface area contributed by atoms with Crippen molar-refractivity contribution >= 4 is 31.3 Å². The van der Waals surface area contributed by atoms with E-state index in [1.165, 1.54) is 18.2 Å². The Kier molecular flexibility index (Phi) is 3.38. The van der Waals surface area contributed by atoms with Crippen molar-refractivity contribution in [2.75, 3.05) is 0 Å². The van der Waals surface area contributed by atoms with Gasteiger partial charge in [-0.05, 0) is 23.8 Å². The van der Waals surface area contributed by atoms with E-state index in [4.69, 9.17) is 27.5 Å². The first-order chi connectivity index (χ1) is 6.40. The largest absolute Gasteiger partial charge is 0.236 e. The first kappa shape index (κ1) is 11.3. The highest BCUT2D eigenvalue weighted by Crippen LogP contribution is 2.17. The molecule has 0 aromatic heterocycles. The van der Waals surface area contributed by atoms with Crippen LogP contribution in [0.1, 0.15) is 11.1 Å². The van der Waals surface area contributed by atoms with Gasteiger partial charge in [-0.15, -0.1) is 0 Å². The summed E-state index contributed by atoms with van der Waals surface area (Å²) in [5.74, 6) is -0.330. The highest BCUT2D eigenvalue weighted by atomic mass is 35.7. The summed E-state index contributed by atoms with van der Waals surface area (Å²) < 4.78 is 21.5. The minimum Gasteiger partial charge on any atom is -0.212 e. The Morgan fingerprint density at radius 3 is 2.50 bits per heavy atom. The Balaban J connectivity index is 3.12. The average molecular weight is 250 g/mol. The van der Waals surface area contributed by atoms with Crippen molar-refractivity contribution in [3.63, 3.8) is 0 Å². The van der Waals surface area contributed by atoms with Crippen LogP contribution in [0, 0.1) is 11.3 Å². The fraction of sp³-hybridized carbons (Fsp3) is 0.125. The maximum absolute atomic E-state index is 10.8. The fourth-order valence-corrected chi connectivity index (χ4v) is 2.20. The van der Waals surface area contributed by atoms with E-state index < -0.39 is 9.05 Å². The van der Waals surface area contributed by atoms with Crippen molar-refractivity contribution in [1.82, 2.24) is 0 Å². The monoisotopic (exact) mass is 249 g/mol. The smallest absolute Gasteiger partial charge is 0.212 e. The van der Waals surface area contributed by atoms with Gasteiger partial charge in [0.15, 0.2) is 0 Å². The molecule has 0 amide bonds. The molecule has 6 heteroatoms. The zero-order chi connectivity index (χ0) is 10.8. The second-order valence-corrected chi connectivity index (χ2v) is 5.86. The van der Waals surface area contributed by atoms with Crippen LogP contribution in [-0.2, 0) is 14.8 Å². The van der Waals surface area contributed by atoms with Gasteiger partial charge in [-0.3, -0.25) is 0 Å². The summed E-state index contributed by atoms with van der Waals surface area (Å²) in [5.41, 5.74) is 0.719. The van der Waals surface area contributed by atoms with Crippen LogP contribution in [0.5, 0.6) is 0 Å². The molecule has 0 N–H and O–H groups in total. The first-order valence-electron chi connectivity index (χ1n) is 3.52. The lowest BCUT2D eigenvalue weighted by Gasteiger charge is -1.99. The molecule has 0 radical (unpaired) electrons. The molecular weight excluding hydrogens is 245 g/mol. The van der Waals surface area contributed by atoms with Crippen LogP contribution in [0.15, 0.2) is 18.2 Å². The number of hydrogen-bond donors (Lipinski definition) is 0. The van der Waals surface area contributed by atoms with Gasteiger partial charge in [-0.2, -0.15) is 5.26 Å². The standard InChI is InChI=1S/C8H5Cl2NO2S/c9-8-2-6(4-11)1-7(3-8)5-14(10,12)13/h1-3H,5H2. The van der Waals surface area contributed by atoms with Crippen LogP contribution in [0.3, 0.4) is 0 Å². The highest BCUT2D eigenvalue weighted by molar-refractivity contribution is 8.13. The van der Waals surface area contributed by atoms with Crippen LogP contribution in [0.25, 0.3) is 0 Å². The van der Waals surface area contributed by atoms with E-state index >= 15 is 0 Å². The Morgan fingerprint density at radius 1 is 1.36 bits per heavy atom. The van der Waals surface area contributed by atoms with E-state index in [1.54, 1.807) is 0 Å². The fourth-order valence-electron chi connectivity index (χ4n) is 0.997. The SMILES string of the molecule is N#Cc1cc(Cl)cc(CS(=O)(=O)Cl)c1. The van der Waals surface area contributed by atoms with Gasteiger partial charge in [0.25, 0.3) is 0 Å². The summed E-state index contributed by atoms with van der Waals surface area (Å²) in [6.07, 6.45) is 0. The molecule has 0 aliphatic rings. The van der Waals surface area contributed by atoms with Crippen LogP contribution in [-0.4, -0.2) is 8.42 Å². The summed E-state index contributed by atoms with van der Waals surface area (Å²) in [4.78, 5) is 0. The van der Waals surface area contributed by atoms with E-state index in [-0.39, 0.29) is 5.75 Å². The number of hydrogen-bond acceptors (Lipinski definition) is 3. The molecule has 0 saturated heterocycles. The third-order valence-electron chi connectivity index (χ3n) is 1.43. The molecule has 0 aliphatic carbocycles. The summed E-state index contributed by atoms with van der Waals surface area (Å²) in [5, 5.41) is 8.91. The number of benzene rings is 1. The van der Waals surface area contributed by atoms with Crippen molar-refractivity contribution in [3.05, 3.63) is 34.3 Å². The van der Waals surface area contributed by atoms with E-state index in [2.05, 4.69) is 0 Å². The average Bonchev–Trinajstić information content (AvgIpc) is 1.99. The molecule has 0 unspecified atom stereocenters. The van der Waals surface area contributed by atoms with Gasteiger partial charge in [-0.1, -0.05) is 11.6 Å². The summed E-state index contributed by atoms with van der Waals surface area (Å²) in [6, 6.07) is 6.22. The second-order valence-electron chi connectivity index (χ2n) is 2.64. The molecule has 0 fully saturated rings. The molecule has 0 saturated carbocycles. The molecule has 0 bridgehead atoms. The minimum atomic E-state index is -3.61. The zero-order valence-corrected chi connectivity index (χ0v) is 9.20. The molecule has 14 heavy (non-hydrogen) atoms. The number of rotatable bonds is 2. The van der Waals surface area contributed by atoms with Crippen LogP contribution in [0.2, 0.25) is 5.02 Å². The van der Waals surface area contributed by atoms with Gasteiger partial charge >= 0.3 is 0 Å². The van der Waals surface area contributed by atoms with Gasteiger partial charge in [-0.25, -0.2) is 8.42 Å². The topological polar surface area (TPSA) is 57.9 Å². The van der Waals surface area contributed by atoms with Crippen LogP contribution >= 0.6 is 22.3 Å². The molecule has 0 spiro atoms. The van der Waals surface area contributed by atoms with E-state index in [1.807, 2.05) is 6.07 Å². The van der Waals surface area contributed by atoms with Crippen molar-refractivity contribution in [3.8, 4) is 6.07 Å². The lowest BCUT2D eigenvalue weighted by molar-refractivity contribution is 0.609. The molecule has 0 atom stereocenters. The predicted octanol–water partition coefficient (Wildman–Crippen LogP) is 2.28. The summed E-state index contributed by atoms with van der Waals surface area (Å²) >= 11 is 5.67. The van der Waals surface area contributed by atoms with Crippen molar-refractivity contribution in [2.24, 2.45) is 0 Å². The molecule has 0 aliphatic heterocycles. The van der Waals surface area contributed by atoms with Gasteiger partial charge < -0.3 is 0 Å². The second kappa shape index (κ2) is 4.18. The van der Waals surface area contributed by atoms with Crippen molar-refractivity contribution in [2.45, 2.75) is 5.75 Å². The molecular formula is C8H5Cl2NO2S. The lowest BCUT2D eigenvalue weighted by Crippen LogP contribution is -1.95. The van der Waals surface area contributed by atoms with Gasteiger partial charge in [0.1, 0.15) is 0 Å². The van der Waals surface area contributed by atoms with E-state index in [9.17, 15) is 8.42 Å². The summed E-state index contributed by atoms with van der Waals surface area (Å²) in [6.45, 7) is 0. The van der Waals surface area contributed by atoms with E-state index in [0.29, 0.717) is 16.1 Å². The number of halogens is 2. The van der Waals surface area contributed by atoms with E-state index in [0.717, 1.165) is 0 Å². The minimum absolute atomic E-state index is 0.313. The van der Waals surface area contributed by atoms with Gasteiger partial charge in [0, 0.05) is 15.7 Å². The molecule has 1 aromatic carbocycles. The first-order valence-corrected chi connectivity index (χ1v) is 6.38. The predicted molar refractivity (Wildman–Crippen MR) is 54.6 cm³/mol.